The Bertz CT molecular complexity index is 1120. The van der Waals surface area contributed by atoms with Crippen LogP contribution in [0.5, 0.6) is 5.75 Å². The summed E-state index contributed by atoms with van der Waals surface area (Å²) >= 11 is 0. The fraction of sp³-hybridized carbons (Fsp3) is 0.111. The number of carboxylic acids is 1. The first-order valence-electron chi connectivity index (χ1n) is 7.66. The van der Waals surface area contributed by atoms with E-state index in [1.165, 1.54) is 31.2 Å². The number of phenols is 1. The van der Waals surface area contributed by atoms with Gasteiger partial charge in [0.15, 0.2) is 5.69 Å². The van der Waals surface area contributed by atoms with E-state index in [0.717, 1.165) is 5.56 Å². The molecule has 0 fully saturated rings. The van der Waals surface area contributed by atoms with E-state index >= 15 is 0 Å². The zero-order valence-electron chi connectivity index (χ0n) is 14.0. The molecule has 134 valence electrons. The maximum Gasteiger partial charge on any atom is 0.354 e. The quantitative estimate of drug-likeness (QED) is 0.648. The van der Waals surface area contributed by atoms with E-state index in [4.69, 9.17) is 0 Å². The smallest absolute Gasteiger partial charge is 0.354 e. The highest BCUT2D eigenvalue weighted by Gasteiger charge is 2.22. The molecule has 8 heteroatoms. The molecular weight excluding hydrogens is 356 g/mol. The fourth-order valence-corrected chi connectivity index (χ4v) is 3.76. The monoisotopic (exact) mass is 372 g/mol. The molecule has 3 aromatic rings. The summed E-state index contributed by atoms with van der Waals surface area (Å²) in [5.74, 6) is -1.55. The fourth-order valence-electron chi connectivity index (χ4n) is 2.62. The number of sulfonamides is 1. The van der Waals surface area contributed by atoms with Crippen LogP contribution >= 0.6 is 0 Å². The van der Waals surface area contributed by atoms with Crippen LogP contribution in [0.4, 0.5) is 5.69 Å². The Morgan fingerprint density at radius 1 is 1.08 bits per heavy atom. The second-order valence-electron chi connectivity index (χ2n) is 5.86. The van der Waals surface area contributed by atoms with Crippen molar-refractivity contribution in [1.82, 2.24) is 4.98 Å². The number of carbonyl (C=O) groups is 1. The van der Waals surface area contributed by atoms with Crippen LogP contribution in [0.3, 0.4) is 0 Å². The number of anilines is 1. The number of phenolic OH excluding ortho intramolecular Hbond substituents is 1. The lowest BCUT2D eigenvalue weighted by Crippen LogP contribution is -2.16. The van der Waals surface area contributed by atoms with Gasteiger partial charge < -0.3 is 10.2 Å². The van der Waals surface area contributed by atoms with E-state index in [1.807, 2.05) is 6.92 Å². The molecule has 3 rings (SSSR count). The zero-order valence-corrected chi connectivity index (χ0v) is 14.8. The molecular formula is C18H16N2O5S. The molecule has 3 N–H and O–H groups in total. The van der Waals surface area contributed by atoms with E-state index < -0.39 is 16.0 Å². The molecule has 0 bridgehead atoms. The second-order valence-corrected chi connectivity index (χ2v) is 7.54. The van der Waals surface area contributed by atoms with Crippen LogP contribution in [0.15, 0.2) is 47.4 Å². The van der Waals surface area contributed by atoms with Crippen molar-refractivity contribution in [3.8, 4) is 5.75 Å². The Kier molecular flexibility index (Phi) is 4.29. The molecule has 7 nitrogen and oxygen atoms in total. The second kappa shape index (κ2) is 6.30. The molecule has 1 heterocycles. The number of aromatic hydroxyl groups is 1. The van der Waals surface area contributed by atoms with Gasteiger partial charge >= 0.3 is 5.97 Å². The molecule has 0 aliphatic heterocycles. The van der Waals surface area contributed by atoms with Crippen LogP contribution < -0.4 is 4.72 Å². The van der Waals surface area contributed by atoms with Gasteiger partial charge in [-0.25, -0.2) is 18.2 Å². The van der Waals surface area contributed by atoms with E-state index in [0.29, 0.717) is 5.39 Å². The summed E-state index contributed by atoms with van der Waals surface area (Å²) in [5, 5.41) is 19.7. The van der Waals surface area contributed by atoms with Crippen LogP contribution in [0.1, 0.15) is 21.6 Å². The average molecular weight is 372 g/mol. The molecule has 0 atom stereocenters. The predicted molar refractivity (Wildman–Crippen MR) is 97.1 cm³/mol. The zero-order chi connectivity index (χ0) is 19.1. The van der Waals surface area contributed by atoms with Crippen molar-refractivity contribution >= 4 is 32.6 Å². The number of benzene rings is 2. The first-order chi connectivity index (χ1) is 12.2. The van der Waals surface area contributed by atoms with Crippen LogP contribution in [-0.4, -0.2) is 29.6 Å². The standard InChI is InChI=1S/C18H16N2O5S/c1-10-6-8-12(9-7-10)26(24,25)20-15-11(2)16(18(22)23)19-17-13(15)4-3-5-14(17)21/h3-9,21H,1-2H3,(H,19,20)(H,22,23). The Morgan fingerprint density at radius 2 is 1.73 bits per heavy atom. The van der Waals surface area contributed by atoms with Gasteiger partial charge in [-0.15, -0.1) is 0 Å². The topological polar surface area (TPSA) is 117 Å². The van der Waals surface area contributed by atoms with Gasteiger partial charge in [0.2, 0.25) is 0 Å². The van der Waals surface area contributed by atoms with Crippen LogP contribution in [0, 0.1) is 13.8 Å². The largest absolute Gasteiger partial charge is 0.506 e. The highest BCUT2D eigenvalue weighted by molar-refractivity contribution is 7.92. The number of hydrogen-bond donors (Lipinski definition) is 3. The predicted octanol–water partition coefficient (Wildman–Crippen LogP) is 3.06. The van der Waals surface area contributed by atoms with Gasteiger partial charge in [0.25, 0.3) is 10.0 Å². The highest BCUT2D eigenvalue weighted by Crippen LogP contribution is 2.34. The number of para-hydroxylation sites is 1. The maximum atomic E-state index is 12.7. The van der Waals surface area contributed by atoms with Crippen LogP contribution in [-0.2, 0) is 10.0 Å². The van der Waals surface area contributed by atoms with Gasteiger partial charge in [-0.3, -0.25) is 4.72 Å². The average Bonchev–Trinajstić information content (AvgIpc) is 2.57. The first kappa shape index (κ1) is 17.7. The van der Waals surface area contributed by atoms with Gasteiger partial charge in [0.05, 0.1) is 10.6 Å². The number of nitrogens with one attached hydrogen (secondary N) is 1. The van der Waals surface area contributed by atoms with E-state index in [-0.39, 0.29) is 33.1 Å². The summed E-state index contributed by atoms with van der Waals surface area (Å²) in [4.78, 5) is 15.5. The third kappa shape index (κ3) is 3.06. The summed E-state index contributed by atoms with van der Waals surface area (Å²) in [6.45, 7) is 3.30. The molecule has 0 radical (unpaired) electrons. The summed E-state index contributed by atoms with van der Waals surface area (Å²) in [5.41, 5.74) is 0.820. The van der Waals surface area contributed by atoms with Crippen molar-refractivity contribution in [1.29, 1.82) is 0 Å². The molecule has 0 aliphatic carbocycles. The van der Waals surface area contributed by atoms with E-state index in [2.05, 4.69) is 9.71 Å². The third-order valence-corrected chi connectivity index (χ3v) is 5.37. The number of aromatic carboxylic acids is 1. The summed E-state index contributed by atoms with van der Waals surface area (Å²) in [7, 11) is -3.95. The minimum atomic E-state index is -3.95. The van der Waals surface area contributed by atoms with Crippen molar-refractivity contribution in [2.24, 2.45) is 0 Å². The molecule has 2 aromatic carbocycles. The molecule has 0 saturated carbocycles. The Hall–Kier alpha value is -3.13. The van der Waals surface area contributed by atoms with Crippen molar-refractivity contribution in [3.05, 3.63) is 59.3 Å². The van der Waals surface area contributed by atoms with Crippen molar-refractivity contribution in [2.45, 2.75) is 18.7 Å². The number of rotatable bonds is 4. The molecule has 1 aromatic heterocycles. The number of nitrogens with zero attached hydrogens (tertiary/aromatic N) is 1. The number of fused-ring (bicyclic) bond motifs is 1. The Morgan fingerprint density at radius 3 is 2.35 bits per heavy atom. The lowest BCUT2D eigenvalue weighted by atomic mass is 10.1. The molecule has 0 saturated heterocycles. The number of pyridine rings is 1. The van der Waals surface area contributed by atoms with Gasteiger partial charge in [-0.1, -0.05) is 29.8 Å². The maximum absolute atomic E-state index is 12.7. The Labute approximate surface area is 150 Å². The van der Waals surface area contributed by atoms with Gasteiger partial charge in [0, 0.05) is 10.9 Å². The molecule has 0 amide bonds. The van der Waals surface area contributed by atoms with Gasteiger partial charge in [-0.05, 0) is 32.0 Å². The number of aromatic nitrogens is 1. The molecule has 0 aliphatic rings. The van der Waals surface area contributed by atoms with Crippen LogP contribution in [0.25, 0.3) is 10.9 Å². The number of carboxylic acid groups (broad SMARTS) is 1. The van der Waals surface area contributed by atoms with E-state index in [9.17, 15) is 23.4 Å². The first-order valence-corrected chi connectivity index (χ1v) is 9.14. The lowest BCUT2D eigenvalue weighted by molar-refractivity contribution is 0.0690. The number of aryl methyl sites for hydroxylation is 1. The minimum absolute atomic E-state index is 0.0112. The van der Waals surface area contributed by atoms with Gasteiger partial charge in [0.1, 0.15) is 11.3 Å². The van der Waals surface area contributed by atoms with Crippen molar-refractivity contribution < 1.29 is 23.4 Å². The van der Waals surface area contributed by atoms with Gasteiger partial charge in [-0.2, -0.15) is 0 Å². The summed E-state index contributed by atoms with van der Waals surface area (Å²) < 4.78 is 27.9. The normalized spacial score (nSPS) is 11.5. The van der Waals surface area contributed by atoms with E-state index in [1.54, 1.807) is 18.2 Å². The number of hydrogen-bond acceptors (Lipinski definition) is 5. The summed E-state index contributed by atoms with van der Waals surface area (Å²) in [6, 6.07) is 10.7. The van der Waals surface area contributed by atoms with Crippen molar-refractivity contribution in [3.63, 3.8) is 0 Å². The Balaban J connectivity index is 2.24. The SMILES string of the molecule is Cc1ccc(S(=O)(=O)Nc2c(C)c(C(=O)O)nc3c(O)cccc23)cc1. The van der Waals surface area contributed by atoms with Crippen molar-refractivity contribution in [2.75, 3.05) is 4.72 Å². The van der Waals surface area contributed by atoms with Crippen LogP contribution in [0.2, 0.25) is 0 Å². The minimum Gasteiger partial charge on any atom is -0.506 e. The lowest BCUT2D eigenvalue weighted by Gasteiger charge is -2.15. The molecule has 0 spiro atoms. The highest BCUT2D eigenvalue weighted by atomic mass is 32.2. The third-order valence-electron chi connectivity index (χ3n) is 4.01. The molecule has 0 unspecified atom stereocenters. The summed E-state index contributed by atoms with van der Waals surface area (Å²) in [6.07, 6.45) is 0. The molecule has 26 heavy (non-hydrogen) atoms.